The third-order valence-corrected chi connectivity index (χ3v) is 11.4. The molecule has 8 rings (SSSR count). The molecule has 65 heavy (non-hydrogen) atoms. The summed E-state index contributed by atoms with van der Waals surface area (Å²) in [6.07, 6.45) is 4.82. The van der Waals surface area contributed by atoms with Crippen molar-refractivity contribution in [2.45, 2.75) is 91.9 Å². The monoisotopic (exact) mass is 984 g/mol. The summed E-state index contributed by atoms with van der Waals surface area (Å²) in [5.74, 6) is 0.588. The molecule has 11 heteroatoms. The van der Waals surface area contributed by atoms with E-state index in [1.807, 2.05) is 45.7 Å². The Kier molecular flexibility index (Phi) is 19.3. The number of alkyl halides is 3. The van der Waals surface area contributed by atoms with Gasteiger partial charge in [0.15, 0.2) is 0 Å². The average Bonchev–Trinajstić information content (AvgIpc) is 3.61. The van der Waals surface area contributed by atoms with E-state index in [0.29, 0.717) is 37.2 Å². The Bertz CT molecular complexity index is 2390. The summed E-state index contributed by atoms with van der Waals surface area (Å²) < 4.78 is 38.3. The molecule has 2 aliphatic rings. The molecule has 6 nitrogen and oxygen atoms in total. The number of aryl methyl sites for hydroxylation is 4. The molecule has 2 aromatic heterocycles. The summed E-state index contributed by atoms with van der Waals surface area (Å²) >= 11 is 12.5. The quantitative estimate of drug-likeness (QED) is 0.112. The van der Waals surface area contributed by atoms with Crippen LogP contribution in [0.25, 0.3) is 22.3 Å². The number of fused-ring (bicyclic) bond motifs is 4. The van der Waals surface area contributed by atoms with Crippen molar-refractivity contribution in [2.24, 2.45) is 0 Å². The van der Waals surface area contributed by atoms with Crippen LogP contribution in [0.5, 0.6) is 0 Å². The molecule has 0 fully saturated rings. The topological polar surface area (TPSA) is 78.4 Å². The van der Waals surface area contributed by atoms with Crippen LogP contribution in [-0.4, -0.2) is 46.3 Å². The second-order valence-corrected chi connectivity index (χ2v) is 16.9. The van der Waals surface area contributed by atoms with Crippen molar-refractivity contribution in [2.75, 3.05) is 24.4 Å². The van der Waals surface area contributed by atoms with Gasteiger partial charge in [-0.2, -0.15) is 0 Å². The van der Waals surface area contributed by atoms with Gasteiger partial charge in [-0.1, -0.05) is 116 Å². The summed E-state index contributed by atoms with van der Waals surface area (Å²) in [7, 11) is 0. The van der Waals surface area contributed by atoms with E-state index in [2.05, 4.69) is 52.3 Å². The number of hydrogen-bond donors (Lipinski definition) is 0. The zero-order chi connectivity index (χ0) is 47.2. The summed E-state index contributed by atoms with van der Waals surface area (Å²) in [4.78, 5) is 36.2. The van der Waals surface area contributed by atoms with Crippen LogP contribution in [0.3, 0.4) is 0 Å². The van der Waals surface area contributed by atoms with Gasteiger partial charge in [-0.25, -0.2) is 18.4 Å². The highest BCUT2D eigenvalue weighted by molar-refractivity contribution is 9.08. The first kappa shape index (κ1) is 51.0. The maximum absolute atomic E-state index is 13.7. The van der Waals surface area contributed by atoms with Gasteiger partial charge in [0.2, 0.25) is 0 Å². The predicted molar refractivity (Wildman–Crippen MR) is 264 cm³/mol. The standard InChI is InChI=1S/2C26H26FNO2.CH3Br.CH2Cl2/c2*1-4-30-26(29)24-23(18-9-12-20(27)13-10-18)21-15-19-8-6-5-7-17(19)11-14-22(21)28-25(24)16(2)3;1-2;2-1-3/h2*5-10,12-13,16H,4,11,14-15H2,1-3H3;1H3;1H2. The number of hydrogen-bond acceptors (Lipinski definition) is 6. The Morgan fingerprint density at radius 2 is 0.892 bits per heavy atom. The van der Waals surface area contributed by atoms with Gasteiger partial charge >= 0.3 is 11.9 Å². The van der Waals surface area contributed by atoms with E-state index < -0.39 is 0 Å². The van der Waals surface area contributed by atoms with Gasteiger partial charge < -0.3 is 9.47 Å². The van der Waals surface area contributed by atoms with E-state index in [9.17, 15) is 18.4 Å². The third-order valence-electron chi connectivity index (χ3n) is 11.4. The number of nitrogens with zero attached hydrogens (tertiary/aromatic N) is 2. The van der Waals surface area contributed by atoms with Crippen LogP contribution in [0.15, 0.2) is 97.1 Å². The number of benzene rings is 4. The molecule has 2 aliphatic carbocycles. The molecule has 0 bridgehead atoms. The fourth-order valence-corrected chi connectivity index (χ4v) is 8.54. The number of carbonyl (C=O) groups is 2. The number of halogens is 5. The maximum Gasteiger partial charge on any atom is 0.340 e. The molecule has 0 radical (unpaired) electrons. The first-order valence-electron chi connectivity index (χ1n) is 22.0. The zero-order valence-electron chi connectivity index (χ0n) is 38.2. The van der Waals surface area contributed by atoms with Gasteiger partial charge in [-0.05, 0) is 126 Å². The molecule has 6 aromatic rings. The number of ether oxygens (including phenoxy) is 2. The predicted octanol–water partition coefficient (Wildman–Crippen LogP) is 14.2. The van der Waals surface area contributed by atoms with E-state index in [4.69, 9.17) is 42.6 Å². The Morgan fingerprint density at radius 3 is 1.20 bits per heavy atom. The van der Waals surface area contributed by atoms with Crippen molar-refractivity contribution < 1.29 is 27.8 Å². The van der Waals surface area contributed by atoms with Crippen molar-refractivity contribution >= 4 is 51.1 Å². The number of rotatable bonds is 8. The summed E-state index contributed by atoms with van der Waals surface area (Å²) in [5, 5.41) is 0.194. The van der Waals surface area contributed by atoms with E-state index in [-0.39, 0.29) is 40.7 Å². The van der Waals surface area contributed by atoms with Crippen molar-refractivity contribution in [3.63, 3.8) is 0 Å². The fourth-order valence-electron chi connectivity index (χ4n) is 8.54. The van der Waals surface area contributed by atoms with Crippen LogP contribution < -0.4 is 0 Å². The van der Waals surface area contributed by atoms with Gasteiger partial charge in [0, 0.05) is 35.4 Å². The van der Waals surface area contributed by atoms with Crippen LogP contribution in [0.1, 0.15) is 130 Å². The number of carbonyl (C=O) groups excluding carboxylic acids is 2. The van der Waals surface area contributed by atoms with Crippen LogP contribution in [0, 0.1) is 11.6 Å². The lowest BCUT2D eigenvalue weighted by atomic mass is 9.87. The lowest BCUT2D eigenvalue weighted by molar-refractivity contribution is 0.0515. The largest absolute Gasteiger partial charge is 0.462 e. The second-order valence-electron chi connectivity index (χ2n) is 16.1. The highest BCUT2D eigenvalue weighted by atomic mass is 79.9. The minimum atomic E-state index is -0.367. The van der Waals surface area contributed by atoms with Gasteiger partial charge in [0.05, 0.1) is 41.1 Å². The summed E-state index contributed by atoms with van der Waals surface area (Å²) in [5.41, 5.74) is 15.0. The Balaban J connectivity index is 0.000000222. The normalized spacial score (nSPS) is 12.2. The Labute approximate surface area is 401 Å². The molecule has 2 heterocycles. The van der Waals surface area contributed by atoms with Crippen molar-refractivity contribution in [3.8, 4) is 22.3 Å². The summed E-state index contributed by atoms with van der Waals surface area (Å²) in [6.45, 7) is 12.3. The van der Waals surface area contributed by atoms with Crippen LogP contribution in [-0.2, 0) is 48.0 Å². The molecule has 0 saturated heterocycles. The van der Waals surface area contributed by atoms with Gasteiger partial charge in [0.25, 0.3) is 0 Å². The van der Waals surface area contributed by atoms with Crippen LogP contribution in [0.2, 0.25) is 0 Å². The first-order valence-corrected chi connectivity index (χ1v) is 24.7. The molecular formula is C54H57BrCl2F2N2O4. The lowest BCUT2D eigenvalue weighted by Crippen LogP contribution is -2.17. The molecule has 342 valence electrons. The van der Waals surface area contributed by atoms with Crippen LogP contribution >= 0.6 is 39.1 Å². The molecule has 0 aliphatic heterocycles. The van der Waals surface area contributed by atoms with Gasteiger partial charge in [-0.15, -0.1) is 23.2 Å². The van der Waals surface area contributed by atoms with Crippen molar-refractivity contribution in [3.05, 3.63) is 176 Å². The first-order chi connectivity index (χ1) is 31.4. The SMILES string of the molecule is CBr.CCOC(=O)c1c(C(C)C)nc2c(c1-c1ccc(F)cc1)Cc1ccccc1CC2.CCOC(=O)c1c(C(C)C)nc2c(c1-c1ccc(F)cc1)Cc1ccccc1CC2.ClCCl. The lowest BCUT2D eigenvalue weighted by Gasteiger charge is -2.22. The second kappa shape index (κ2) is 24.5. The number of esters is 2. The van der Waals surface area contributed by atoms with Gasteiger partial charge in [-0.3, -0.25) is 9.97 Å². The third kappa shape index (κ3) is 12.3. The number of aromatic nitrogens is 2. The van der Waals surface area contributed by atoms with Gasteiger partial charge in [0.1, 0.15) is 11.6 Å². The minimum Gasteiger partial charge on any atom is -0.462 e. The molecule has 0 atom stereocenters. The van der Waals surface area contributed by atoms with E-state index in [1.165, 1.54) is 46.5 Å². The van der Waals surface area contributed by atoms with Crippen molar-refractivity contribution in [1.82, 2.24) is 9.97 Å². The molecule has 4 aromatic carbocycles. The zero-order valence-corrected chi connectivity index (χ0v) is 41.3. The molecule has 0 unspecified atom stereocenters. The van der Waals surface area contributed by atoms with Crippen LogP contribution in [0.4, 0.5) is 8.78 Å². The molecule has 0 amide bonds. The highest BCUT2D eigenvalue weighted by Crippen LogP contribution is 2.40. The Hall–Kier alpha value is -4.96. The molecule has 0 N–H and O–H groups in total. The molecule has 0 saturated carbocycles. The van der Waals surface area contributed by atoms with Crippen molar-refractivity contribution in [1.29, 1.82) is 0 Å². The summed E-state index contributed by atoms with van der Waals surface area (Å²) in [6, 6.07) is 29.6. The minimum absolute atomic E-state index is 0.0551. The molecular weight excluding hydrogens is 929 g/mol. The molecule has 0 spiro atoms. The average molecular weight is 987 g/mol. The van der Waals surface area contributed by atoms with E-state index >= 15 is 0 Å². The smallest absolute Gasteiger partial charge is 0.340 e. The maximum atomic E-state index is 13.7. The highest BCUT2D eigenvalue weighted by Gasteiger charge is 2.31. The van der Waals surface area contributed by atoms with E-state index in [1.54, 1.807) is 38.1 Å². The van der Waals surface area contributed by atoms with E-state index in [0.717, 1.165) is 81.8 Å². The number of pyridine rings is 2. The fraction of sp³-hybridized carbons (Fsp3) is 0.333. The Morgan fingerprint density at radius 1 is 0.569 bits per heavy atom.